The number of anilines is 3. The Morgan fingerprint density at radius 3 is 2.96 bits per heavy atom. The summed E-state index contributed by atoms with van der Waals surface area (Å²) in [7, 11) is 0. The number of nitrogens with one attached hydrogen (secondary N) is 1. The molecular weight excluding hydrogens is 320 g/mol. The van der Waals surface area contributed by atoms with Gasteiger partial charge in [-0.25, -0.2) is 9.97 Å². The Kier molecular flexibility index (Phi) is 4.41. The number of hydrogen-bond acceptors (Lipinski definition) is 10. The van der Waals surface area contributed by atoms with Gasteiger partial charge < -0.3 is 40.9 Å². The van der Waals surface area contributed by atoms with Crippen molar-refractivity contribution >= 4 is 23.7 Å². The lowest BCUT2D eigenvalue weighted by atomic mass is 10.1. The van der Waals surface area contributed by atoms with E-state index in [1.165, 1.54) is 6.33 Å². The Labute approximate surface area is 137 Å². The molecule has 1 saturated heterocycles. The van der Waals surface area contributed by atoms with Gasteiger partial charge >= 0.3 is 0 Å². The van der Waals surface area contributed by atoms with Crippen molar-refractivity contribution in [2.75, 3.05) is 29.2 Å². The van der Waals surface area contributed by atoms with Gasteiger partial charge in [-0.3, -0.25) is 4.79 Å². The maximum absolute atomic E-state index is 11.0. The van der Waals surface area contributed by atoms with E-state index in [0.717, 1.165) is 4.90 Å². The van der Waals surface area contributed by atoms with E-state index in [0.29, 0.717) is 17.9 Å². The summed E-state index contributed by atoms with van der Waals surface area (Å²) in [4.78, 5) is 21.6. The summed E-state index contributed by atoms with van der Waals surface area (Å²) >= 11 is 0. The fourth-order valence-corrected chi connectivity index (χ4v) is 2.93. The lowest BCUT2D eigenvalue weighted by molar-refractivity contribution is -0.148. The number of rotatable bonds is 5. The summed E-state index contributed by atoms with van der Waals surface area (Å²) in [6.45, 7) is 2.14. The number of nitrogens with two attached hydrogens (primary N) is 1. The number of nitrogens with zero attached hydrogens (tertiary/aromatic N) is 4. The van der Waals surface area contributed by atoms with Gasteiger partial charge in [-0.15, -0.1) is 0 Å². The third-order valence-electron chi connectivity index (χ3n) is 4.27. The molecule has 1 aromatic rings. The van der Waals surface area contributed by atoms with Gasteiger partial charge in [0.2, 0.25) is 6.41 Å². The molecule has 132 valence electrons. The number of amides is 1. The van der Waals surface area contributed by atoms with Crippen LogP contribution in [0.1, 0.15) is 6.92 Å². The molecule has 0 bridgehead atoms. The minimum Gasteiger partial charge on any atom is -0.387 e. The predicted octanol–water partition coefficient (Wildman–Crippen LogP) is -2.51. The number of nitrogen functional groups attached to an aromatic ring is 1. The summed E-state index contributed by atoms with van der Waals surface area (Å²) in [6, 6.07) is 0. The van der Waals surface area contributed by atoms with Crippen LogP contribution in [0.2, 0.25) is 0 Å². The highest BCUT2D eigenvalue weighted by Gasteiger charge is 2.50. The monoisotopic (exact) mass is 340 g/mol. The Hall–Kier alpha value is -2.21. The van der Waals surface area contributed by atoms with E-state index >= 15 is 0 Å². The average molecular weight is 340 g/mol. The first-order valence-electron chi connectivity index (χ1n) is 7.51. The van der Waals surface area contributed by atoms with Crippen LogP contribution in [-0.4, -0.2) is 80.6 Å². The molecule has 1 unspecified atom stereocenters. The molecule has 11 nitrogen and oxygen atoms in total. The Morgan fingerprint density at radius 1 is 1.54 bits per heavy atom. The molecule has 2 aliphatic rings. The zero-order valence-electron chi connectivity index (χ0n) is 13.0. The number of ether oxygens (including phenoxy) is 1. The van der Waals surface area contributed by atoms with Crippen LogP contribution in [0.3, 0.4) is 0 Å². The van der Waals surface area contributed by atoms with Crippen LogP contribution < -0.4 is 16.0 Å². The Balaban J connectivity index is 1.82. The predicted molar refractivity (Wildman–Crippen MR) is 82.5 cm³/mol. The molecule has 0 spiro atoms. The molecule has 1 fully saturated rings. The van der Waals surface area contributed by atoms with Crippen LogP contribution in [0, 0.1) is 0 Å². The standard InChI is InChI=1S/C13H20N6O5/c1-2-18(5-20)12(23)9-7(21)8(22)13(24-9)19-4-17-6-10(14)15-3-16-11(6)19/h3,5,7-9,12-13,17,21-23H,2,4H2,1H3,(H2,14,15,16)/t7-,8+,9-,12?,13+/m0/s1. The molecule has 0 aliphatic carbocycles. The lowest BCUT2D eigenvalue weighted by Crippen LogP contribution is -2.48. The van der Waals surface area contributed by atoms with E-state index in [1.54, 1.807) is 11.8 Å². The number of aromatic nitrogens is 2. The molecule has 3 heterocycles. The number of likely N-dealkylation sites (N-methyl/N-ethyl adjacent to an activating group) is 1. The average Bonchev–Trinajstić information content (AvgIpc) is 3.12. The number of aliphatic hydroxyl groups excluding tert-OH is 3. The van der Waals surface area contributed by atoms with Crippen LogP contribution in [0.4, 0.5) is 17.3 Å². The molecule has 1 amide bonds. The molecule has 0 aromatic carbocycles. The quantitative estimate of drug-likeness (QED) is 0.286. The smallest absolute Gasteiger partial charge is 0.211 e. The van der Waals surface area contributed by atoms with Crippen LogP contribution in [0.15, 0.2) is 6.33 Å². The topological polar surface area (TPSA) is 157 Å². The fraction of sp³-hybridized carbons (Fsp3) is 0.615. The van der Waals surface area contributed by atoms with Gasteiger partial charge in [0.1, 0.15) is 30.3 Å². The first kappa shape index (κ1) is 16.6. The Morgan fingerprint density at radius 2 is 2.29 bits per heavy atom. The minimum atomic E-state index is -1.38. The van der Waals surface area contributed by atoms with Crippen molar-refractivity contribution in [1.82, 2.24) is 14.9 Å². The van der Waals surface area contributed by atoms with Crippen LogP contribution >= 0.6 is 0 Å². The van der Waals surface area contributed by atoms with Crippen molar-refractivity contribution in [3.8, 4) is 0 Å². The highest BCUT2D eigenvalue weighted by Crippen LogP contribution is 2.37. The van der Waals surface area contributed by atoms with Crippen molar-refractivity contribution in [2.45, 2.75) is 37.7 Å². The zero-order valence-corrected chi connectivity index (χ0v) is 13.0. The molecule has 11 heteroatoms. The van der Waals surface area contributed by atoms with Crippen LogP contribution in [0.25, 0.3) is 0 Å². The summed E-state index contributed by atoms with van der Waals surface area (Å²) in [5, 5.41) is 33.8. The van der Waals surface area contributed by atoms with Crippen molar-refractivity contribution < 1.29 is 24.9 Å². The molecular formula is C13H20N6O5. The van der Waals surface area contributed by atoms with Gasteiger partial charge in [0.25, 0.3) is 0 Å². The van der Waals surface area contributed by atoms with Gasteiger partial charge in [-0.2, -0.15) is 0 Å². The van der Waals surface area contributed by atoms with E-state index < -0.39 is 30.8 Å². The molecule has 5 atom stereocenters. The minimum absolute atomic E-state index is 0.232. The first-order valence-corrected chi connectivity index (χ1v) is 7.51. The molecule has 0 radical (unpaired) electrons. The van der Waals surface area contributed by atoms with E-state index in [9.17, 15) is 20.1 Å². The number of aliphatic hydroxyl groups is 3. The third-order valence-corrected chi connectivity index (χ3v) is 4.27. The van der Waals surface area contributed by atoms with E-state index in [1.807, 2.05) is 0 Å². The largest absolute Gasteiger partial charge is 0.387 e. The van der Waals surface area contributed by atoms with E-state index in [4.69, 9.17) is 10.5 Å². The molecule has 1 aromatic heterocycles. The SMILES string of the molecule is CCN(C=O)C(O)[C@H]1O[C@@H](N2CNc3c(N)ncnc32)[C@H](O)[C@@H]1O. The normalized spacial score (nSPS) is 29.9. The number of hydrogen-bond donors (Lipinski definition) is 5. The number of carbonyl (C=O) groups is 1. The number of carbonyl (C=O) groups excluding carboxylic acids is 1. The molecule has 24 heavy (non-hydrogen) atoms. The van der Waals surface area contributed by atoms with Gasteiger partial charge in [0.15, 0.2) is 24.1 Å². The van der Waals surface area contributed by atoms with Gasteiger partial charge in [-0.05, 0) is 6.92 Å². The molecule has 2 aliphatic heterocycles. The molecule has 0 saturated carbocycles. The van der Waals surface area contributed by atoms with Gasteiger partial charge in [0.05, 0.1) is 6.67 Å². The number of fused-ring (bicyclic) bond motifs is 1. The first-order chi connectivity index (χ1) is 11.5. The second-order valence-electron chi connectivity index (χ2n) is 5.58. The summed E-state index contributed by atoms with van der Waals surface area (Å²) in [5.74, 6) is 0.682. The molecule has 3 rings (SSSR count). The maximum Gasteiger partial charge on any atom is 0.211 e. The van der Waals surface area contributed by atoms with E-state index in [2.05, 4.69) is 15.3 Å². The van der Waals surface area contributed by atoms with Gasteiger partial charge in [-0.1, -0.05) is 0 Å². The Bertz CT molecular complexity index is 619. The van der Waals surface area contributed by atoms with Crippen molar-refractivity contribution in [3.05, 3.63) is 6.33 Å². The van der Waals surface area contributed by atoms with Gasteiger partial charge in [0, 0.05) is 6.54 Å². The lowest BCUT2D eigenvalue weighted by Gasteiger charge is -2.29. The second-order valence-corrected chi connectivity index (χ2v) is 5.58. The highest BCUT2D eigenvalue weighted by atomic mass is 16.6. The third kappa shape index (κ3) is 2.51. The summed E-state index contributed by atoms with van der Waals surface area (Å²) in [6.07, 6.45) is -4.44. The zero-order chi connectivity index (χ0) is 17.4. The molecule has 6 N–H and O–H groups in total. The summed E-state index contributed by atoms with van der Waals surface area (Å²) < 4.78 is 5.65. The highest BCUT2D eigenvalue weighted by molar-refractivity contribution is 5.80. The van der Waals surface area contributed by atoms with Crippen LogP contribution in [-0.2, 0) is 9.53 Å². The fourth-order valence-electron chi connectivity index (χ4n) is 2.93. The van der Waals surface area contributed by atoms with E-state index in [-0.39, 0.29) is 19.0 Å². The second kappa shape index (κ2) is 6.36. The van der Waals surface area contributed by atoms with Crippen molar-refractivity contribution in [2.24, 2.45) is 0 Å². The van der Waals surface area contributed by atoms with Crippen molar-refractivity contribution in [1.29, 1.82) is 0 Å². The van der Waals surface area contributed by atoms with Crippen molar-refractivity contribution in [3.63, 3.8) is 0 Å². The van der Waals surface area contributed by atoms with Crippen LogP contribution in [0.5, 0.6) is 0 Å². The maximum atomic E-state index is 11.0. The summed E-state index contributed by atoms with van der Waals surface area (Å²) in [5.41, 5.74) is 6.28.